The molecule has 4 aromatic rings. The summed E-state index contributed by atoms with van der Waals surface area (Å²) in [5, 5.41) is 14.3. The van der Waals surface area contributed by atoms with E-state index in [1.165, 1.54) is 5.56 Å². The number of pyridine rings is 1. The molecule has 5 rings (SSSR count). The Labute approximate surface area is 199 Å². The van der Waals surface area contributed by atoms with E-state index >= 15 is 0 Å². The summed E-state index contributed by atoms with van der Waals surface area (Å²) in [6, 6.07) is 10.7. The molecule has 1 aliphatic heterocycles. The number of allylic oxidation sites excluding steroid dienone is 1. The quantitative estimate of drug-likeness (QED) is 0.370. The molecule has 0 aliphatic carbocycles. The van der Waals surface area contributed by atoms with E-state index in [1.807, 2.05) is 18.3 Å². The smallest absolute Gasteiger partial charge is 0.222 e. The van der Waals surface area contributed by atoms with Crippen LogP contribution in [0, 0.1) is 6.92 Å². The molecule has 0 fully saturated rings. The highest BCUT2D eigenvalue weighted by Crippen LogP contribution is 2.41. The van der Waals surface area contributed by atoms with Gasteiger partial charge in [0.25, 0.3) is 0 Å². The topological polar surface area (TPSA) is 97.5 Å². The van der Waals surface area contributed by atoms with Gasteiger partial charge in [0.05, 0.1) is 6.54 Å². The van der Waals surface area contributed by atoms with E-state index in [-0.39, 0.29) is 0 Å². The van der Waals surface area contributed by atoms with Crippen LogP contribution in [0.2, 0.25) is 0 Å². The molecule has 1 N–H and O–H groups in total. The number of benzene rings is 1. The number of rotatable bonds is 6. The summed E-state index contributed by atoms with van der Waals surface area (Å²) in [5.74, 6) is 1.60. The Kier molecular flexibility index (Phi) is 5.36. The number of hydrogen-bond acceptors (Lipinski definition) is 6. The average molecular weight is 538 g/mol. The van der Waals surface area contributed by atoms with Crippen molar-refractivity contribution >= 4 is 39.5 Å². The maximum Gasteiger partial charge on any atom is 0.222 e. The predicted molar refractivity (Wildman–Crippen MR) is 132 cm³/mol. The molecule has 0 bridgehead atoms. The minimum absolute atomic E-state index is 0.456. The normalized spacial score (nSPS) is 18.2. The van der Waals surface area contributed by atoms with Crippen LogP contribution in [0.4, 0.5) is 0 Å². The summed E-state index contributed by atoms with van der Waals surface area (Å²) < 4.78 is 3.36. The number of aromatic amines is 1. The summed E-state index contributed by atoms with van der Waals surface area (Å²) in [7, 11) is 0. The van der Waals surface area contributed by atoms with Crippen molar-refractivity contribution in [1.29, 1.82) is 0 Å². The Bertz CT molecular complexity index is 1330. The van der Waals surface area contributed by atoms with Crippen LogP contribution in [0.25, 0.3) is 11.2 Å². The van der Waals surface area contributed by atoms with Gasteiger partial charge in [0, 0.05) is 16.2 Å². The zero-order valence-corrected chi connectivity index (χ0v) is 20.3. The van der Waals surface area contributed by atoms with Crippen LogP contribution < -0.4 is 0 Å². The van der Waals surface area contributed by atoms with E-state index in [0.717, 1.165) is 56.8 Å². The first-order chi connectivity index (χ1) is 15.5. The lowest BCUT2D eigenvalue weighted by atomic mass is 9.92. The Morgan fingerprint density at radius 3 is 2.69 bits per heavy atom. The van der Waals surface area contributed by atoms with Gasteiger partial charge in [-0.1, -0.05) is 31.2 Å². The highest BCUT2D eigenvalue weighted by atomic mass is 127. The first-order valence-electron chi connectivity index (χ1n) is 10.6. The first-order valence-corrected chi connectivity index (χ1v) is 11.7. The van der Waals surface area contributed by atoms with Crippen LogP contribution >= 0.6 is 22.6 Å². The minimum atomic E-state index is -0.456. The molecule has 1 atom stereocenters. The van der Waals surface area contributed by atoms with Crippen LogP contribution in [-0.4, -0.2) is 40.9 Å². The highest BCUT2D eigenvalue weighted by molar-refractivity contribution is 14.1. The van der Waals surface area contributed by atoms with Crippen molar-refractivity contribution in [1.82, 2.24) is 35.2 Å². The second kappa shape index (κ2) is 8.19. The molecule has 3 aromatic heterocycles. The monoisotopic (exact) mass is 538 g/mol. The number of aliphatic imine (C=N–C) groups is 1. The lowest BCUT2D eigenvalue weighted by Gasteiger charge is -2.23. The molecule has 9 heteroatoms. The third-order valence-corrected chi connectivity index (χ3v) is 7.25. The van der Waals surface area contributed by atoms with Gasteiger partial charge in [-0.2, -0.15) is 5.21 Å². The van der Waals surface area contributed by atoms with Crippen LogP contribution in [0.5, 0.6) is 0 Å². The molecule has 162 valence electrons. The molecule has 4 heterocycles. The minimum Gasteiger partial charge on any atom is -0.308 e. The third-order valence-electron chi connectivity index (χ3n) is 5.89. The lowest BCUT2D eigenvalue weighted by molar-refractivity contribution is 0.639. The molecule has 8 nitrogen and oxygen atoms in total. The number of halogens is 1. The van der Waals surface area contributed by atoms with Crippen molar-refractivity contribution < 1.29 is 0 Å². The molecule has 0 saturated carbocycles. The fourth-order valence-electron chi connectivity index (χ4n) is 4.06. The lowest BCUT2D eigenvalue weighted by Crippen LogP contribution is -2.17. The summed E-state index contributed by atoms with van der Waals surface area (Å²) in [5.41, 5.74) is 5.72. The Morgan fingerprint density at radius 2 is 1.97 bits per heavy atom. The van der Waals surface area contributed by atoms with Crippen molar-refractivity contribution in [3.05, 3.63) is 74.5 Å². The molecule has 1 aliphatic rings. The highest BCUT2D eigenvalue weighted by Gasteiger charge is 2.35. The van der Waals surface area contributed by atoms with Crippen molar-refractivity contribution in [3.63, 3.8) is 0 Å². The van der Waals surface area contributed by atoms with Crippen molar-refractivity contribution in [2.45, 2.75) is 45.7 Å². The number of nitrogens with one attached hydrogen (secondary N) is 1. The fraction of sp³-hybridized carbons (Fsp3) is 0.304. The van der Waals surface area contributed by atoms with Gasteiger partial charge >= 0.3 is 0 Å². The second-order valence-electron chi connectivity index (χ2n) is 8.16. The van der Waals surface area contributed by atoms with Crippen molar-refractivity contribution in [2.24, 2.45) is 4.99 Å². The molecule has 0 radical (unpaired) electrons. The van der Waals surface area contributed by atoms with Gasteiger partial charge in [-0.25, -0.2) is 9.97 Å². The van der Waals surface area contributed by atoms with E-state index in [0.29, 0.717) is 5.82 Å². The Morgan fingerprint density at radius 1 is 1.16 bits per heavy atom. The maximum atomic E-state index is 4.91. The SMILES string of the molecule is CCCc1nc2c(C)ccnc2n1Cc1ccc(C2(C)N=C(c3nn[nH]n3)C=C2I)cc1. The van der Waals surface area contributed by atoms with E-state index < -0.39 is 5.54 Å². The van der Waals surface area contributed by atoms with Crippen LogP contribution in [0.1, 0.15) is 48.6 Å². The van der Waals surface area contributed by atoms with Crippen molar-refractivity contribution in [3.8, 4) is 0 Å². The molecular formula is C23H23IN8. The number of hydrogen-bond donors (Lipinski definition) is 1. The third kappa shape index (κ3) is 3.54. The van der Waals surface area contributed by atoms with Gasteiger partial charge in [0.1, 0.15) is 22.6 Å². The van der Waals surface area contributed by atoms with E-state index in [4.69, 9.17) is 9.98 Å². The van der Waals surface area contributed by atoms with Gasteiger partial charge in [-0.05, 0) is 76.9 Å². The summed E-state index contributed by atoms with van der Waals surface area (Å²) in [6.45, 7) is 7.12. The number of fused-ring (bicyclic) bond motifs is 1. The van der Waals surface area contributed by atoms with E-state index in [1.54, 1.807) is 0 Å². The first kappa shape index (κ1) is 20.9. The summed E-state index contributed by atoms with van der Waals surface area (Å²) in [4.78, 5) is 14.4. The number of aromatic nitrogens is 7. The zero-order valence-electron chi connectivity index (χ0n) is 18.2. The molecular weight excluding hydrogens is 515 g/mol. The Hall–Kier alpha value is -2.95. The number of aryl methyl sites for hydroxylation is 2. The van der Waals surface area contributed by atoms with Gasteiger partial charge in [-0.15, -0.1) is 10.2 Å². The number of H-pyrrole nitrogens is 1. The van der Waals surface area contributed by atoms with E-state index in [2.05, 4.69) is 97.8 Å². The number of tetrazole rings is 1. The summed E-state index contributed by atoms with van der Waals surface area (Å²) in [6.07, 6.45) is 5.86. The fourth-order valence-corrected chi connectivity index (χ4v) is 4.78. The zero-order chi connectivity index (χ0) is 22.3. The van der Waals surface area contributed by atoms with Crippen LogP contribution in [-0.2, 0) is 18.5 Å². The second-order valence-corrected chi connectivity index (χ2v) is 9.32. The van der Waals surface area contributed by atoms with Gasteiger partial charge in [0.15, 0.2) is 5.65 Å². The van der Waals surface area contributed by atoms with Gasteiger partial charge < -0.3 is 4.57 Å². The van der Waals surface area contributed by atoms with E-state index in [9.17, 15) is 0 Å². The Balaban J connectivity index is 1.46. The van der Waals surface area contributed by atoms with Crippen LogP contribution in [0.15, 0.2) is 51.2 Å². The standard InChI is InChI=1S/C23H23IN8/c1-4-5-19-26-20-14(2)10-11-25-22(20)32(19)13-15-6-8-16(9-7-15)23(3)18(24)12-17(27-23)21-28-30-31-29-21/h6-12H,4-5,13H2,1-3H3,(H,28,29,30,31). The molecule has 1 aromatic carbocycles. The summed E-state index contributed by atoms with van der Waals surface area (Å²) >= 11 is 2.35. The number of nitrogens with zero attached hydrogens (tertiary/aromatic N) is 7. The van der Waals surface area contributed by atoms with Crippen LogP contribution in [0.3, 0.4) is 0 Å². The molecule has 0 amide bonds. The molecule has 1 unspecified atom stereocenters. The molecule has 0 saturated heterocycles. The van der Waals surface area contributed by atoms with Crippen molar-refractivity contribution in [2.75, 3.05) is 0 Å². The van der Waals surface area contributed by atoms with Gasteiger partial charge in [0.2, 0.25) is 5.82 Å². The molecule has 32 heavy (non-hydrogen) atoms. The average Bonchev–Trinajstić information content (AvgIpc) is 3.50. The largest absolute Gasteiger partial charge is 0.308 e. The van der Waals surface area contributed by atoms with Gasteiger partial charge in [-0.3, -0.25) is 4.99 Å². The molecule has 0 spiro atoms. The maximum absolute atomic E-state index is 4.91. The number of imidazole rings is 1. The predicted octanol–water partition coefficient (Wildman–Crippen LogP) is 4.29.